The Bertz CT molecular complexity index is 638. The summed E-state index contributed by atoms with van der Waals surface area (Å²) < 4.78 is 28.5. The molecule has 0 bridgehead atoms. The van der Waals surface area contributed by atoms with Crippen molar-refractivity contribution >= 4 is 15.7 Å². The molecule has 1 aromatic heterocycles. The van der Waals surface area contributed by atoms with Crippen LogP contribution in [0, 0.1) is 0 Å². The quantitative estimate of drug-likeness (QED) is 0.593. The average Bonchev–Trinajstić information content (AvgIpc) is 2.91. The molecule has 6 nitrogen and oxygen atoms in total. The van der Waals surface area contributed by atoms with Crippen molar-refractivity contribution in [2.24, 2.45) is 0 Å². The van der Waals surface area contributed by atoms with Crippen molar-refractivity contribution in [2.45, 2.75) is 24.3 Å². The van der Waals surface area contributed by atoms with Gasteiger partial charge in [-0.1, -0.05) is 6.07 Å². The van der Waals surface area contributed by atoms with Gasteiger partial charge in [-0.3, -0.25) is 0 Å². The zero-order valence-electron chi connectivity index (χ0n) is 11.1. The minimum absolute atomic E-state index is 0.201. The third kappa shape index (κ3) is 4.07. The van der Waals surface area contributed by atoms with Gasteiger partial charge in [0.2, 0.25) is 10.0 Å². The number of aryl methyl sites for hydroxylation is 1. The minimum atomic E-state index is -3.47. The topological polar surface area (TPSA) is 90.0 Å². The first kappa shape index (κ1) is 14.5. The van der Waals surface area contributed by atoms with Gasteiger partial charge in [0.05, 0.1) is 11.2 Å². The largest absolute Gasteiger partial charge is 0.399 e. The number of sulfonamides is 1. The van der Waals surface area contributed by atoms with Crippen molar-refractivity contribution < 1.29 is 8.42 Å². The Hall–Kier alpha value is -1.86. The second-order valence-electron chi connectivity index (χ2n) is 4.48. The van der Waals surface area contributed by atoms with E-state index in [2.05, 4.69) is 9.71 Å². The highest BCUT2D eigenvalue weighted by Gasteiger charge is 2.12. The number of aromatic nitrogens is 2. The van der Waals surface area contributed by atoms with E-state index in [4.69, 9.17) is 5.73 Å². The van der Waals surface area contributed by atoms with Crippen LogP contribution >= 0.6 is 0 Å². The Morgan fingerprint density at radius 2 is 2.15 bits per heavy atom. The average molecular weight is 294 g/mol. The number of nitrogen functional groups attached to an aromatic ring is 1. The van der Waals surface area contributed by atoms with E-state index in [9.17, 15) is 8.42 Å². The highest BCUT2D eigenvalue weighted by Crippen LogP contribution is 2.12. The molecule has 0 saturated heterocycles. The second-order valence-corrected chi connectivity index (χ2v) is 6.24. The number of nitrogens with two attached hydrogens (primary N) is 1. The molecule has 1 heterocycles. The van der Waals surface area contributed by atoms with Crippen LogP contribution in [-0.2, 0) is 16.6 Å². The molecule has 0 unspecified atom stereocenters. The number of rotatable bonds is 7. The summed E-state index contributed by atoms with van der Waals surface area (Å²) in [6, 6.07) is 6.27. The summed E-state index contributed by atoms with van der Waals surface area (Å²) in [5.74, 6) is 0. The first-order chi connectivity index (χ1) is 9.58. The molecular formula is C13H18N4O2S. The van der Waals surface area contributed by atoms with Crippen LogP contribution in [0.3, 0.4) is 0 Å². The molecule has 2 aromatic rings. The van der Waals surface area contributed by atoms with Gasteiger partial charge in [0.25, 0.3) is 0 Å². The van der Waals surface area contributed by atoms with E-state index in [1.165, 1.54) is 12.1 Å². The molecular weight excluding hydrogens is 276 g/mol. The Morgan fingerprint density at radius 3 is 2.85 bits per heavy atom. The zero-order chi connectivity index (χ0) is 14.4. The van der Waals surface area contributed by atoms with Gasteiger partial charge in [0.1, 0.15) is 0 Å². The molecule has 2 rings (SSSR count). The summed E-state index contributed by atoms with van der Waals surface area (Å²) in [6.45, 7) is 1.24. The fourth-order valence-corrected chi connectivity index (χ4v) is 2.94. The molecule has 1 aromatic carbocycles. The number of hydrogen-bond donors (Lipinski definition) is 2. The molecule has 0 fully saturated rings. The molecule has 0 saturated carbocycles. The number of imidazole rings is 1. The van der Waals surface area contributed by atoms with E-state index in [-0.39, 0.29) is 4.90 Å². The summed E-state index contributed by atoms with van der Waals surface area (Å²) in [5.41, 5.74) is 6.02. The Kier molecular flexibility index (Phi) is 4.75. The van der Waals surface area contributed by atoms with Gasteiger partial charge in [-0.2, -0.15) is 0 Å². The lowest BCUT2D eigenvalue weighted by Gasteiger charge is -2.07. The molecule has 0 spiro atoms. The Labute approximate surface area is 118 Å². The summed E-state index contributed by atoms with van der Waals surface area (Å²) in [5, 5.41) is 0. The molecule has 7 heteroatoms. The molecule has 0 atom stereocenters. The van der Waals surface area contributed by atoms with Crippen molar-refractivity contribution in [3.63, 3.8) is 0 Å². The van der Waals surface area contributed by atoms with Gasteiger partial charge in [-0.05, 0) is 31.0 Å². The second kappa shape index (κ2) is 6.53. The van der Waals surface area contributed by atoms with Gasteiger partial charge in [-0.15, -0.1) is 0 Å². The number of hydrogen-bond acceptors (Lipinski definition) is 4. The molecule has 0 aliphatic rings. The lowest BCUT2D eigenvalue weighted by atomic mass is 10.3. The van der Waals surface area contributed by atoms with Crippen LogP contribution in [0.15, 0.2) is 47.9 Å². The molecule has 0 aliphatic carbocycles. The number of nitrogens with one attached hydrogen (secondary N) is 1. The SMILES string of the molecule is Nc1cccc(S(=O)(=O)NCCCCn2ccnc2)c1. The van der Waals surface area contributed by atoms with E-state index in [0.717, 1.165) is 19.4 Å². The molecule has 0 radical (unpaired) electrons. The third-order valence-electron chi connectivity index (χ3n) is 2.86. The molecule has 0 amide bonds. The maximum atomic E-state index is 12.0. The van der Waals surface area contributed by atoms with E-state index in [1.54, 1.807) is 24.7 Å². The highest BCUT2D eigenvalue weighted by atomic mass is 32.2. The molecule has 3 N–H and O–H groups in total. The number of anilines is 1. The van der Waals surface area contributed by atoms with Crippen LogP contribution in [0.1, 0.15) is 12.8 Å². The minimum Gasteiger partial charge on any atom is -0.399 e. The zero-order valence-corrected chi connectivity index (χ0v) is 11.9. The summed E-state index contributed by atoms with van der Waals surface area (Å²) in [7, 11) is -3.47. The molecule has 108 valence electrons. The third-order valence-corrected chi connectivity index (χ3v) is 4.32. The van der Waals surface area contributed by atoms with Gasteiger partial charge in [0.15, 0.2) is 0 Å². The maximum absolute atomic E-state index is 12.0. The first-order valence-electron chi connectivity index (χ1n) is 6.39. The maximum Gasteiger partial charge on any atom is 0.240 e. The van der Waals surface area contributed by atoms with E-state index in [1.807, 2.05) is 10.8 Å². The highest BCUT2D eigenvalue weighted by molar-refractivity contribution is 7.89. The summed E-state index contributed by atoms with van der Waals surface area (Å²) >= 11 is 0. The van der Waals surface area contributed by atoms with E-state index < -0.39 is 10.0 Å². The van der Waals surface area contributed by atoms with Crippen molar-refractivity contribution in [1.82, 2.24) is 14.3 Å². The van der Waals surface area contributed by atoms with Crippen LogP contribution in [-0.4, -0.2) is 24.5 Å². The van der Waals surface area contributed by atoms with Crippen LogP contribution in [0.2, 0.25) is 0 Å². The fraction of sp³-hybridized carbons (Fsp3) is 0.308. The first-order valence-corrected chi connectivity index (χ1v) is 7.87. The predicted molar refractivity (Wildman–Crippen MR) is 77.5 cm³/mol. The standard InChI is InChI=1S/C13H18N4O2S/c14-12-4-3-5-13(10-12)20(18,19)16-6-1-2-8-17-9-7-15-11-17/h3-5,7,9-11,16H,1-2,6,8,14H2. The smallest absolute Gasteiger partial charge is 0.240 e. The Morgan fingerprint density at radius 1 is 1.30 bits per heavy atom. The van der Waals surface area contributed by atoms with Crippen molar-refractivity contribution in [3.8, 4) is 0 Å². The van der Waals surface area contributed by atoms with Crippen LogP contribution in [0.25, 0.3) is 0 Å². The lowest BCUT2D eigenvalue weighted by Crippen LogP contribution is -2.25. The molecule has 0 aliphatic heterocycles. The van der Waals surface area contributed by atoms with Crippen molar-refractivity contribution in [2.75, 3.05) is 12.3 Å². The van der Waals surface area contributed by atoms with Crippen molar-refractivity contribution in [3.05, 3.63) is 43.0 Å². The summed E-state index contributed by atoms with van der Waals surface area (Å²) in [6.07, 6.45) is 7.01. The van der Waals surface area contributed by atoms with Crippen LogP contribution in [0.5, 0.6) is 0 Å². The monoisotopic (exact) mass is 294 g/mol. The van der Waals surface area contributed by atoms with Gasteiger partial charge >= 0.3 is 0 Å². The van der Waals surface area contributed by atoms with Crippen LogP contribution in [0.4, 0.5) is 5.69 Å². The fourth-order valence-electron chi connectivity index (χ4n) is 1.81. The normalized spacial score (nSPS) is 11.6. The van der Waals surface area contributed by atoms with Crippen LogP contribution < -0.4 is 10.5 Å². The van der Waals surface area contributed by atoms with Gasteiger partial charge in [-0.25, -0.2) is 18.1 Å². The van der Waals surface area contributed by atoms with Gasteiger partial charge < -0.3 is 10.3 Å². The number of nitrogens with zero attached hydrogens (tertiary/aromatic N) is 2. The van der Waals surface area contributed by atoms with Crippen molar-refractivity contribution in [1.29, 1.82) is 0 Å². The predicted octanol–water partition coefficient (Wildman–Crippen LogP) is 1.22. The number of unbranched alkanes of at least 4 members (excludes halogenated alkanes) is 1. The lowest BCUT2D eigenvalue weighted by molar-refractivity contribution is 0.566. The van der Waals surface area contributed by atoms with Gasteiger partial charge in [0, 0.05) is 31.2 Å². The summed E-state index contributed by atoms with van der Waals surface area (Å²) in [4.78, 5) is 4.15. The van der Waals surface area contributed by atoms with E-state index in [0.29, 0.717) is 12.2 Å². The Balaban J connectivity index is 1.78. The van der Waals surface area contributed by atoms with E-state index >= 15 is 0 Å². The number of benzene rings is 1. The molecule has 20 heavy (non-hydrogen) atoms.